The van der Waals surface area contributed by atoms with E-state index < -0.39 is 0 Å². The Bertz CT molecular complexity index is 1450. The number of ether oxygens (including phenoxy) is 4. The van der Waals surface area contributed by atoms with Crippen molar-refractivity contribution in [2.75, 3.05) is 27.4 Å². The fourth-order valence-corrected chi connectivity index (χ4v) is 5.39. The van der Waals surface area contributed by atoms with Gasteiger partial charge in [-0.3, -0.25) is 9.59 Å². The minimum atomic E-state index is -0.0448. The lowest BCUT2D eigenvalue weighted by Gasteiger charge is -2.14. The molecule has 0 radical (unpaired) electrons. The number of nitrogens with zero attached hydrogens (tertiary/aromatic N) is 3. The fraction of sp³-hybridized carbons (Fsp3) is 0.379. The summed E-state index contributed by atoms with van der Waals surface area (Å²) in [4.78, 5) is 27.0. The molecule has 0 spiro atoms. The third kappa shape index (κ3) is 6.60. The summed E-state index contributed by atoms with van der Waals surface area (Å²) in [5, 5.41) is 18.4. The Morgan fingerprint density at radius 1 is 0.846 bits per heavy atom. The van der Waals surface area contributed by atoms with Crippen LogP contribution in [0.5, 0.6) is 23.0 Å². The summed E-state index contributed by atoms with van der Waals surface area (Å²) in [5.41, 5.74) is 2.02. The van der Waals surface area contributed by atoms with Gasteiger partial charge in [0.2, 0.25) is 5.91 Å². The van der Waals surface area contributed by atoms with Crippen molar-refractivity contribution < 1.29 is 28.5 Å². The molecule has 1 amide bonds. The van der Waals surface area contributed by atoms with Crippen molar-refractivity contribution in [1.82, 2.24) is 4.90 Å². The predicted octanol–water partition coefficient (Wildman–Crippen LogP) is 5.40. The van der Waals surface area contributed by atoms with Crippen molar-refractivity contribution in [2.24, 2.45) is 0 Å². The van der Waals surface area contributed by atoms with Crippen molar-refractivity contribution in [3.8, 4) is 35.1 Å². The average Bonchev–Trinajstić information content (AvgIpc) is 3.56. The Morgan fingerprint density at radius 2 is 1.44 bits per heavy atom. The number of benzene rings is 2. The van der Waals surface area contributed by atoms with Gasteiger partial charge in [-0.05, 0) is 40.8 Å². The Balaban J connectivity index is 1.34. The second kappa shape index (κ2) is 13.0. The van der Waals surface area contributed by atoms with E-state index in [1.165, 1.54) is 11.3 Å². The SMILES string of the molecule is COc1cc2c(cc1OCCCOc1cc3cc(C(=O)CCC#N)sc3cc1OC)CN(C(=O)CCC#N)C2. The molecule has 1 aromatic heterocycles. The number of rotatable bonds is 13. The number of hydrogen-bond acceptors (Lipinski definition) is 9. The van der Waals surface area contributed by atoms with Gasteiger partial charge in [0.15, 0.2) is 28.8 Å². The highest BCUT2D eigenvalue weighted by molar-refractivity contribution is 7.20. The highest BCUT2D eigenvalue weighted by Crippen LogP contribution is 2.38. The lowest BCUT2D eigenvalue weighted by Crippen LogP contribution is -2.24. The third-order valence-electron chi connectivity index (χ3n) is 6.36. The summed E-state index contributed by atoms with van der Waals surface area (Å²) < 4.78 is 23.9. The van der Waals surface area contributed by atoms with Crippen molar-refractivity contribution in [3.63, 3.8) is 0 Å². The largest absolute Gasteiger partial charge is 0.493 e. The smallest absolute Gasteiger partial charge is 0.224 e. The zero-order valence-electron chi connectivity index (χ0n) is 22.0. The van der Waals surface area contributed by atoms with E-state index in [0.717, 1.165) is 21.2 Å². The van der Waals surface area contributed by atoms with Crippen LogP contribution in [0.25, 0.3) is 10.1 Å². The molecule has 9 nitrogen and oxygen atoms in total. The zero-order chi connectivity index (χ0) is 27.8. The highest BCUT2D eigenvalue weighted by atomic mass is 32.1. The molecule has 0 saturated carbocycles. The van der Waals surface area contributed by atoms with Gasteiger partial charge in [-0.15, -0.1) is 11.3 Å². The lowest BCUT2D eigenvalue weighted by atomic mass is 10.1. The molecule has 0 aliphatic carbocycles. The van der Waals surface area contributed by atoms with Crippen LogP contribution in [0.3, 0.4) is 0 Å². The number of carbonyl (C=O) groups is 2. The maximum atomic E-state index is 12.3. The van der Waals surface area contributed by atoms with Crippen LogP contribution in [-0.2, 0) is 17.9 Å². The minimum absolute atomic E-state index is 0.0378. The number of Topliss-reactive ketones (excluding diaryl/α,β-unsaturated/α-hetero) is 1. The number of nitriles is 2. The quantitative estimate of drug-likeness (QED) is 0.206. The molecule has 2 aromatic carbocycles. The predicted molar refractivity (Wildman–Crippen MR) is 145 cm³/mol. The monoisotopic (exact) mass is 547 g/mol. The summed E-state index contributed by atoms with van der Waals surface area (Å²) in [6, 6.07) is 13.4. The summed E-state index contributed by atoms with van der Waals surface area (Å²) >= 11 is 1.38. The van der Waals surface area contributed by atoms with Crippen LogP contribution >= 0.6 is 11.3 Å². The first-order valence-corrected chi connectivity index (χ1v) is 13.4. The van der Waals surface area contributed by atoms with Crippen LogP contribution in [0, 0.1) is 22.7 Å². The molecule has 0 fully saturated rings. The number of ketones is 1. The summed E-state index contributed by atoms with van der Waals surface area (Å²) in [7, 11) is 3.15. The third-order valence-corrected chi connectivity index (χ3v) is 7.50. The van der Waals surface area contributed by atoms with Gasteiger partial charge in [0.05, 0.1) is 44.4 Å². The Kier molecular flexibility index (Phi) is 9.24. The summed E-state index contributed by atoms with van der Waals surface area (Å²) in [5.74, 6) is 2.28. The van der Waals surface area contributed by atoms with Gasteiger partial charge in [0.25, 0.3) is 0 Å². The van der Waals surface area contributed by atoms with Gasteiger partial charge < -0.3 is 23.8 Å². The van der Waals surface area contributed by atoms with Gasteiger partial charge in [-0.2, -0.15) is 10.5 Å². The van der Waals surface area contributed by atoms with Gasteiger partial charge in [0.1, 0.15) is 0 Å². The lowest BCUT2D eigenvalue weighted by molar-refractivity contribution is -0.131. The molecule has 4 rings (SSSR count). The van der Waals surface area contributed by atoms with Crippen molar-refractivity contribution in [2.45, 2.75) is 45.2 Å². The first-order chi connectivity index (χ1) is 19.0. The summed E-state index contributed by atoms with van der Waals surface area (Å²) in [6.45, 7) is 1.75. The van der Waals surface area contributed by atoms with E-state index in [0.29, 0.717) is 60.6 Å². The van der Waals surface area contributed by atoms with E-state index in [4.69, 9.17) is 29.5 Å². The van der Waals surface area contributed by atoms with Crippen LogP contribution in [0.15, 0.2) is 30.3 Å². The normalized spacial score (nSPS) is 11.9. The molecule has 39 heavy (non-hydrogen) atoms. The first kappa shape index (κ1) is 27.7. The molecule has 1 aliphatic heterocycles. The molecule has 1 aliphatic rings. The van der Waals surface area contributed by atoms with Gasteiger partial charge >= 0.3 is 0 Å². The zero-order valence-corrected chi connectivity index (χ0v) is 22.8. The minimum Gasteiger partial charge on any atom is -0.493 e. The van der Waals surface area contributed by atoms with E-state index >= 15 is 0 Å². The topological polar surface area (TPSA) is 122 Å². The summed E-state index contributed by atoms with van der Waals surface area (Å²) in [6.07, 6.45) is 1.43. The molecule has 0 saturated heterocycles. The first-order valence-electron chi connectivity index (χ1n) is 12.6. The van der Waals surface area contributed by atoms with Gasteiger partial charge in [0, 0.05) is 56.0 Å². The van der Waals surface area contributed by atoms with Crippen molar-refractivity contribution in [3.05, 3.63) is 46.3 Å². The average molecular weight is 548 g/mol. The molecule has 10 heteroatoms. The molecule has 202 valence electrons. The molecule has 2 heterocycles. The van der Waals surface area contributed by atoms with Crippen LogP contribution in [-0.4, -0.2) is 44.0 Å². The molecule has 0 bridgehead atoms. The van der Waals surface area contributed by atoms with E-state index in [1.54, 1.807) is 19.1 Å². The number of amides is 1. The number of thiophene rings is 1. The number of methoxy groups -OCH3 is 2. The standard InChI is InChI=1S/C29H29N3O6S/c1-35-23-13-20-17-32(29(34)7-4-9-31)18-21(20)14-26(23)38-11-5-10-37-25-12-19-15-28(22(33)6-3-8-30)39-27(19)16-24(25)36-2/h12-16H,3-7,10-11,17-18H2,1-2H3. The fourth-order valence-electron chi connectivity index (χ4n) is 4.35. The van der Waals surface area contributed by atoms with Gasteiger partial charge in [-0.1, -0.05) is 0 Å². The van der Waals surface area contributed by atoms with Crippen LogP contribution in [0.1, 0.15) is 52.9 Å². The van der Waals surface area contributed by atoms with Crippen LogP contribution in [0.4, 0.5) is 0 Å². The molecule has 0 unspecified atom stereocenters. The van der Waals surface area contributed by atoms with Crippen molar-refractivity contribution in [1.29, 1.82) is 10.5 Å². The maximum absolute atomic E-state index is 12.3. The Hall–Kier alpha value is -4.28. The van der Waals surface area contributed by atoms with Gasteiger partial charge in [-0.25, -0.2) is 0 Å². The van der Waals surface area contributed by atoms with Crippen molar-refractivity contribution >= 4 is 33.1 Å². The van der Waals surface area contributed by atoms with E-state index in [1.807, 2.05) is 42.5 Å². The van der Waals surface area contributed by atoms with E-state index in [2.05, 4.69) is 0 Å². The van der Waals surface area contributed by atoms with E-state index in [-0.39, 0.29) is 37.4 Å². The maximum Gasteiger partial charge on any atom is 0.224 e. The molecular formula is C29H29N3O6S. The van der Waals surface area contributed by atoms with Crippen LogP contribution in [0.2, 0.25) is 0 Å². The van der Waals surface area contributed by atoms with Crippen LogP contribution < -0.4 is 18.9 Å². The molecule has 0 atom stereocenters. The second-order valence-corrected chi connectivity index (χ2v) is 10.0. The van der Waals surface area contributed by atoms with E-state index in [9.17, 15) is 9.59 Å². The Labute approximate surface area is 231 Å². The molecule has 3 aromatic rings. The number of carbonyl (C=O) groups excluding carboxylic acids is 2. The number of fused-ring (bicyclic) bond motifs is 2. The molecule has 0 N–H and O–H groups in total. The highest BCUT2D eigenvalue weighted by Gasteiger charge is 2.25. The second-order valence-electron chi connectivity index (χ2n) is 8.96. The molecular weight excluding hydrogens is 518 g/mol. The number of hydrogen-bond donors (Lipinski definition) is 0. The Morgan fingerprint density at radius 3 is 2.08 bits per heavy atom.